The lowest BCUT2D eigenvalue weighted by Gasteiger charge is -2.09. The first-order chi connectivity index (χ1) is 9.61. The summed E-state index contributed by atoms with van der Waals surface area (Å²) in [6.07, 6.45) is 0. The van der Waals surface area contributed by atoms with Gasteiger partial charge < -0.3 is 10.3 Å². The quantitative estimate of drug-likeness (QED) is 0.680. The van der Waals surface area contributed by atoms with E-state index in [1.165, 1.54) is 0 Å². The van der Waals surface area contributed by atoms with Crippen molar-refractivity contribution < 1.29 is 0 Å². The summed E-state index contributed by atoms with van der Waals surface area (Å²) >= 11 is 9.51. The summed E-state index contributed by atoms with van der Waals surface area (Å²) in [4.78, 5) is 4.69. The van der Waals surface area contributed by atoms with Crippen LogP contribution in [0.15, 0.2) is 40.9 Å². The summed E-state index contributed by atoms with van der Waals surface area (Å²) < 4.78 is 3.02. The molecule has 0 unspecified atom stereocenters. The molecule has 0 fully saturated rings. The van der Waals surface area contributed by atoms with Gasteiger partial charge in [-0.25, -0.2) is 4.98 Å². The highest BCUT2D eigenvalue weighted by molar-refractivity contribution is 9.10. The predicted octanol–water partition coefficient (Wildman–Crippen LogP) is 4.72. The standard InChI is InChI=1S/C15H13BrClN3/c1-2-20-13-7-6-9(17)8-12(13)19-15(20)10-4-3-5-11(16)14(10)18/h3-8H,2,18H2,1H3. The average molecular weight is 351 g/mol. The minimum absolute atomic E-state index is 0.687. The van der Waals surface area contributed by atoms with Gasteiger partial charge in [0.05, 0.1) is 16.7 Å². The number of para-hydroxylation sites is 1. The molecular weight excluding hydrogens is 338 g/mol. The van der Waals surface area contributed by atoms with Gasteiger partial charge >= 0.3 is 0 Å². The lowest BCUT2D eigenvalue weighted by atomic mass is 10.1. The molecular formula is C15H13BrClN3. The number of rotatable bonds is 2. The molecule has 0 saturated heterocycles. The van der Waals surface area contributed by atoms with Crippen LogP contribution in [0.3, 0.4) is 0 Å². The van der Waals surface area contributed by atoms with Gasteiger partial charge in [0.25, 0.3) is 0 Å². The largest absolute Gasteiger partial charge is 0.397 e. The first-order valence-corrected chi connectivity index (χ1v) is 7.49. The van der Waals surface area contributed by atoms with Gasteiger partial charge in [0.15, 0.2) is 0 Å². The van der Waals surface area contributed by atoms with Crippen molar-refractivity contribution in [2.24, 2.45) is 0 Å². The fourth-order valence-corrected chi connectivity index (χ4v) is 2.89. The molecule has 1 aromatic heterocycles. The molecule has 0 atom stereocenters. The Kier molecular flexibility index (Phi) is 3.44. The molecule has 3 aromatic rings. The zero-order valence-electron chi connectivity index (χ0n) is 10.9. The van der Waals surface area contributed by atoms with Crippen LogP contribution in [0.25, 0.3) is 22.4 Å². The number of nitrogens with two attached hydrogens (primary N) is 1. The molecule has 0 radical (unpaired) electrons. The van der Waals surface area contributed by atoms with Crippen molar-refractivity contribution in [3.05, 3.63) is 45.9 Å². The van der Waals surface area contributed by atoms with Crippen molar-refractivity contribution in [2.45, 2.75) is 13.5 Å². The number of nitrogen functional groups attached to an aromatic ring is 1. The minimum atomic E-state index is 0.687. The van der Waals surface area contributed by atoms with Crippen LogP contribution in [0, 0.1) is 0 Å². The van der Waals surface area contributed by atoms with E-state index in [9.17, 15) is 0 Å². The van der Waals surface area contributed by atoms with Gasteiger partial charge in [-0.2, -0.15) is 0 Å². The number of nitrogens with zero attached hydrogens (tertiary/aromatic N) is 2. The van der Waals surface area contributed by atoms with Crippen LogP contribution >= 0.6 is 27.5 Å². The Morgan fingerprint density at radius 1 is 1.30 bits per heavy atom. The second-order valence-electron chi connectivity index (χ2n) is 4.51. The van der Waals surface area contributed by atoms with Gasteiger partial charge in [0.2, 0.25) is 0 Å². The maximum atomic E-state index is 6.16. The van der Waals surface area contributed by atoms with Gasteiger partial charge in [-0.15, -0.1) is 0 Å². The summed E-state index contributed by atoms with van der Waals surface area (Å²) in [6.45, 7) is 2.91. The number of fused-ring (bicyclic) bond motifs is 1. The van der Waals surface area contributed by atoms with Crippen LogP contribution in [0.5, 0.6) is 0 Å². The Hall–Kier alpha value is -1.52. The van der Waals surface area contributed by atoms with Gasteiger partial charge in [-0.05, 0) is 53.2 Å². The normalized spacial score (nSPS) is 11.2. The van der Waals surface area contributed by atoms with E-state index in [4.69, 9.17) is 22.3 Å². The minimum Gasteiger partial charge on any atom is -0.397 e. The summed E-state index contributed by atoms with van der Waals surface area (Å²) in [5.41, 5.74) is 9.73. The molecule has 0 bridgehead atoms. The average Bonchev–Trinajstić information content (AvgIpc) is 2.79. The van der Waals surface area contributed by atoms with Crippen molar-refractivity contribution >= 4 is 44.3 Å². The molecule has 0 spiro atoms. The van der Waals surface area contributed by atoms with Crippen molar-refractivity contribution in [3.63, 3.8) is 0 Å². The summed E-state index contributed by atoms with van der Waals surface area (Å²) in [6, 6.07) is 11.6. The molecule has 3 rings (SSSR count). The van der Waals surface area contributed by atoms with Gasteiger partial charge in [0, 0.05) is 21.6 Å². The molecule has 1 heterocycles. The maximum absolute atomic E-state index is 6.16. The summed E-state index contributed by atoms with van der Waals surface area (Å²) in [5, 5.41) is 0.687. The highest BCUT2D eigenvalue weighted by Crippen LogP contribution is 2.33. The highest BCUT2D eigenvalue weighted by atomic mass is 79.9. The number of aromatic nitrogens is 2. The van der Waals surface area contributed by atoms with E-state index in [1.807, 2.05) is 36.4 Å². The van der Waals surface area contributed by atoms with Gasteiger partial charge in [0.1, 0.15) is 5.82 Å². The number of aryl methyl sites for hydroxylation is 1. The molecule has 0 aliphatic heterocycles. The Bertz CT molecular complexity index is 795. The lowest BCUT2D eigenvalue weighted by Crippen LogP contribution is -2.00. The number of benzene rings is 2. The molecule has 2 N–H and O–H groups in total. The Morgan fingerprint density at radius 3 is 2.85 bits per heavy atom. The number of anilines is 1. The van der Waals surface area contributed by atoms with E-state index in [0.29, 0.717) is 10.7 Å². The monoisotopic (exact) mass is 349 g/mol. The van der Waals surface area contributed by atoms with Crippen LogP contribution < -0.4 is 5.73 Å². The van der Waals surface area contributed by atoms with Crippen LogP contribution in [0.4, 0.5) is 5.69 Å². The third-order valence-electron chi connectivity index (χ3n) is 3.32. The van der Waals surface area contributed by atoms with Crippen molar-refractivity contribution in [1.82, 2.24) is 9.55 Å². The molecule has 0 saturated carbocycles. The zero-order valence-corrected chi connectivity index (χ0v) is 13.2. The second-order valence-corrected chi connectivity index (χ2v) is 5.80. The molecule has 0 aliphatic rings. The first kappa shape index (κ1) is 13.5. The molecule has 2 aromatic carbocycles. The van der Waals surface area contributed by atoms with E-state index in [1.54, 1.807) is 0 Å². The third kappa shape index (κ3) is 2.09. The van der Waals surface area contributed by atoms with E-state index >= 15 is 0 Å². The van der Waals surface area contributed by atoms with Crippen molar-refractivity contribution in [1.29, 1.82) is 0 Å². The number of imidazole rings is 1. The predicted molar refractivity (Wildman–Crippen MR) is 88.0 cm³/mol. The fraction of sp³-hybridized carbons (Fsp3) is 0.133. The molecule has 0 aliphatic carbocycles. The lowest BCUT2D eigenvalue weighted by molar-refractivity contribution is 0.796. The van der Waals surface area contributed by atoms with E-state index in [2.05, 4.69) is 27.4 Å². The SMILES string of the molecule is CCn1c(-c2cccc(Br)c2N)nc2cc(Cl)ccc21. The summed E-state index contributed by atoms with van der Waals surface area (Å²) in [7, 11) is 0. The van der Waals surface area contributed by atoms with Crippen molar-refractivity contribution in [3.8, 4) is 11.4 Å². The maximum Gasteiger partial charge on any atom is 0.143 e. The number of halogens is 2. The molecule has 20 heavy (non-hydrogen) atoms. The topological polar surface area (TPSA) is 43.8 Å². The van der Waals surface area contributed by atoms with Crippen LogP contribution in [-0.4, -0.2) is 9.55 Å². The smallest absolute Gasteiger partial charge is 0.143 e. The first-order valence-electron chi connectivity index (χ1n) is 6.32. The van der Waals surface area contributed by atoms with E-state index in [0.717, 1.165) is 33.4 Å². The van der Waals surface area contributed by atoms with Crippen LogP contribution in [0.1, 0.15) is 6.92 Å². The van der Waals surface area contributed by atoms with Crippen molar-refractivity contribution in [2.75, 3.05) is 5.73 Å². The zero-order chi connectivity index (χ0) is 14.3. The molecule has 3 nitrogen and oxygen atoms in total. The van der Waals surface area contributed by atoms with Crippen LogP contribution in [-0.2, 0) is 6.54 Å². The summed E-state index contributed by atoms with van der Waals surface area (Å²) in [5.74, 6) is 0.864. The van der Waals surface area contributed by atoms with Gasteiger partial charge in [-0.3, -0.25) is 0 Å². The Labute approximate surface area is 130 Å². The Balaban J connectivity index is 2.33. The highest BCUT2D eigenvalue weighted by Gasteiger charge is 2.15. The van der Waals surface area contributed by atoms with E-state index in [-0.39, 0.29) is 0 Å². The second kappa shape index (κ2) is 5.11. The molecule has 5 heteroatoms. The number of hydrogen-bond donors (Lipinski definition) is 1. The van der Waals surface area contributed by atoms with E-state index < -0.39 is 0 Å². The number of hydrogen-bond acceptors (Lipinski definition) is 2. The third-order valence-corrected chi connectivity index (χ3v) is 4.25. The molecule has 0 amide bonds. The molecule has 102 valence electrons. The Morgan fingerprint density at radius 2 is 2.10 bits per heavy atom. The van der Waals surface area contributed by atoms with Gasteiger partial charge in [-0.1, -0.05) is 17.7 Å². The fourth-order valence-electron chi connectivity index (χ4n) is 2.36. The van der Waals surface area contributed by atoms with Crippen LogP contribution in [0.2, 0.25) is 5.02 Å².